The molecule has 216 valence electrons. The lowest BCUT2D eigenvalue weighted by Gasteiger charge is -2.42. The van der Waals surface area contributed by atoms with Gasteiger partial charge >= 0.3 is 0 Å². The molecule has 2 bridgehead atoms. The molecular weight excluding hydrogens is 519 g/mol. The van der Waals surface area contributed by atoms with E-state index in [1.165, 1.54) is 11.3 Å². The number of pyridine rings is 1. The Morgan fingerprint density at radius 1 is 0.575 bits per heavy atom. The highest BCUT2D eigenvalue weighted by Gasteiger charge is 2.49. The Hall–Kier alpha value is -1.68. The Balaban J connectivity index is 0.972. The van der Waals surface area contributed by atoms with E-state index < -0.39 is 7.59 Å². The zero-order valence-electron chi connectivity index (χ0n) is 23.9. The van der Waals surface area contributed by atoms with Crippen LogP contribution in [0, 0.1) is 0 Å². The Bertz CT molecular complexity index is 1180. The molecule has 5 fully saturated rings. The Morgan fingerprint density at radius 2 is 1.07 bits per heavy atom. The maximum Gasteiger partial charge on any atom is 0.287 e. The van der Waals surface area contributed by atoms with E-state index in [4.69, 9.17) is 4.98 Å². The monoisotopic (exact) mass is 564 g/mol. The minimum Gasteiger partial charge on any atom is -0.296 e. The first-order chi connectivity index (χ1) is 19.7. The average molecular weight is 565 g/mol. The summed E-state index contributed by atoms with van der Waals surface area (Å²) < 4.78 is 21.0. The Kier molecular flexibility index (Phi) is 8.08. The molecule has 0 N–H and O–H groups in total. The molecule has 0 spiro atoms. The van der Waals surface area contributed by atoms with Crippen molar-refractivity contribution in [2.45, 2.75) is 32.1 Å². The molecule has 10 heteroatoms. The maximum atomic E-state index is 14.1. The van der Waals surface area contributed by atoms with Crippen LogP contribution in [0.2, 0.25) is 0 Å². The highest BCUT2D eigenvalue weighted by Crippen LogP contribution is 2.61. The van der Waals surface area contributed by atoms with Crippen molar-refractivity contribution in [2.24, 2.45) is 0 Å². The minimum atomic E-state index is -2.51. The van der Waals surface area contributed by atoms with Gasteiger partial charge in [0.25, 0.3) is 7.59 Å². The lowest BCUT2D eigenvalue weighted by molar-refractivity contribution is 0.0802. The van der Waals surface area contributed by atoms with Crippen LogP contribution in [-0.2, 0) is 17.7 Å². The average Bonchev–Trinajstić information content (AvgIpc) is 3.56. The molecule has 3 atom stereocenters. The molecule has 6 heterocycles. The molecule has 0 saturated carbocycles. The lowest BCUT2D eigenvalue weighted by atomic mass is 10.1. The number of benzene rings is 1. The Morgan fingerprint density at radius 3 is 1.70 bits per heavy atom. The van der Waals surface area contributed by atoms with E-state index in [2.05, 4.69) is 82.1 Å². The molecule has 0 amide bonds. The van der Waals surface area contributed by atoms with Crippen LogP contribution in [0.1, 0.15) is 36.0 Å². The number of nitrogens with zero attached hydrogens (tertiary/aromatic N) is 8. The van der Waals surface area contributed by atoms with Gasteiger partial charge in [0, 0.05) is 98.2 Å². The summed E-state index contributed by atoms with van der Waals surface area (Å²) in [6.45, 7) is 16.1. The van der Waals surface area contributed by atoms with Gasteiger partial charge < -0.3 is 0 Å². The van der Waals surface area contributed by atoms with Crippen molar-refractivity contribution in [3.63, 3.8) is 0 Å². The van der Waals surface area contributed by atoms with Crippen LogP contribution in [0.4, 0.5) is 0 Å². The van der Waals surface area contributed by atoms with Crippen molar-refractivity contribution in [1.82, 2.24) is 38.6 Å². The first-order valence-corrected chi connectivity index (χ1v) is 17.0. The van der Waals surface area contributed by atoms with Crippen LogP contribution in [0.25, 0.3) is 0 Å². The smallest absolute Gasteiger partial charge is 0.287 e. The van der Waals surface area contributed by atoms with Crippen molar-refractivity contribution < 1.29 is 4.57 Å². The summed E-state index contributed by atoms with van der Waals surface area (Å²) in [7, 11) is -2.51. The molecule has 1 aromatic carbocycles. The summed E-state index contributed by atoms with van der Waals surface area (Å²) in [5.74, 6) is 0. The first kappa shape index (κ1) is 27.2. The summed E-state index contributed by atoms with van der Waals surface area (Å²) in [5.41, 5.74) is 3.76. The summed E-state index contributed by atoms with van der Waals surface area (Å²) in [6.07, 6.45) is 2.62. The van der Waals surface area contributed by atoms with Crippen molar-refractivity contribution in [3.8, 4) is 0 Å². The highest BCUT2D eigenvalue weighted by molar-refractivity contribution is 7.56. The topological polar surface area (TPSA) is 52.6 Å². The zero-order valence-corrected chi connectivity index (χ0v) is 24.8. The van der Waals surface area contributed by atoms with E-state index in [-0.39, 0.29) is 0 Å². The van der Waals surface area contributed by atoms with E-state index >= 15 is 0 Å². The summed E-state index contributed by atoms with van der Waals surface area (Å²) in [4.78, 5) is 15.6. The first-order valence-electron chi connectivity index (χ1n) is 15.5. The number of hydrogen-bond donors (Lipinski definition) is 0. The molecule has 9 nitrogen and oxygen atoms in total. The van der Waals surface area contributed by atoms with E-state index in [1.54, 1.807) is 0 Å². The van der Waals surface area contributed by atoms with E-state index in [0.29, 0.717) is 6.17 Å². The molecule has 0 radical (unpaired) electrons. The summed E-state index contributed by atoms with van der Waals surface area (Å²) in [6, 6.07) is 17.6. The SMILES string of the molecule is O=P12N3CCCN1CCN2CCCN(Cc1cccc(CN2CCN4CCN(CC2)C4c2ccccc2)n1)CC3. The second-order valence-electron chi connectivity index (χ2n) is 12.1. The fourth-order valence-corrected chi connectivity index (χ4v) is 10.9. The summed E-state index contributed by atoms with van der Waals surface area (Å²) in [5, 5.41) is 0. The maximum absolute atomic E-state index is 14.1. The molecule has 2 aromatic rings. The standard InChI is InChI=1S/C30H45N8OP/c39-40-36-13-6-14-38(40)24-23-37(40)12-5-11-32(17-22-36)25-28-9-4-10-29(31-28)26-33-15-18-34-20-21-35(19-16-33)30(34)27-7-2-1-3-8-27/h1-4,7-10,30H,5-6,11-26H2. The van der Waals surface area contributed by atoms with Gasteiger partial charge in [0.15, 0.2) is 0 Å². The lowest BCUT2D eigenvalue weighted by Crippen LogP contribution is -2.44. The molecule has 1 aromatic heterocycles. The van der Waals surface area contributed by atoms with Crippen molar-refractivity contribution in [1.29, 1.82) is 0 Å². The molecule has 3 unspecified atom stereocenters. The summed E-state index contributed by atoms with van der Waals surface area (Å²) >= 11 is 0. The van der Waals surface area contributed by atoms with Gasteiger partial charge in [0.1, 0.15) is 0 Å². The van der Waals surface area contributed by atoms with E-state index in [1.807, 2.05) is 0 Å². The van der Waals surface area contributed by atoms with Gasteiger partial charge in [0.2, 0.25) is 0 Å². The van der Waals surface area contributed by atoms with Gasteiger partial charge in [-0.25, -0.2) is 14.0 Å². The zero-order chi connectivity index (χ0) is 26.9. The van der Waals surface area contributed by atoms with Crippen LogP contribution in [-0.4, -0.2) is 130 Å². The van der Waals surface area contributed by atoms with Crippen molar-refractivity contribution in [3.05, 3.63) is 65.5 Å². The van der Waals surface area contributed by atoms with Gasteiger partial charge in [0.05, 0.1) is 17.6 Å². The number of fused-ring (bicyclic) bond motifs is 2. The third-order valence-electron chi connectivity index (χ3n) is 9.63. The normalized spacial score (nSPS) is 33.0. The predicted octanol–water partition coefficient (Wildman–Crippen LogP) is 2.85. The minimum absolute atomic E-state index is 0.426. The van der Waals surface area contributed by atoms with Gasteiger partial charge in [-0.15, -0.1) is 0 Å². The second kappa shape index (κ2) is 11.9. The predicted molar refractivity (Wildman–Crippen MR) is 159 cm³/mol. The quantitative estimate of drug-likeness (QED) is 0.511. The molecule has 40 heavy (non-hydrogen) atoms. The molecule has 5 saturated heterocycles. The third-order valence-corrected chi connectivity index (χ3v) is 13.0. The van der Waals surface area contributed by atoms with E-state index in [9.17, 15) is 4.57 Å². The van der Waals surface area contributed by atoms with Crippen LogP contribution >= 0.6 is 7.59 Å². The fraction of sp³-hybridized carbons (Fsp3) is 0.633. The van der Waals surface area contributed by atoms with Gasteiger partial charge in [-0.1, -0.05) is 36.4 Å². The van der Waals surface area contributed by atoms with Crippen LogP contribution in [0.15, 0.2) is 48.5 Å². The molecular formula is C30H45N8OP. The van der Waals surface area contributed by atoms with Crippen LogP contribution in [0.5, 0.6) is 0 Å². The number of hydrogen-bond acceptors (Lipinski definition) is 6. The molecule has 5 aliphatic heterocycles. The van der Waals surface area contributed by atoms with Gasteiger partial charge in [-0.05, 0) is 37.1 Å². The van der Waals surface area contributed by atoms with Crippen LogP contribution in [0.3, 0.4) is 0 Å². The molecule has 7 rings (SSSR count). The molecule has 5 aliphatic rings. The van der Waals surface area contributed by atoms with Crippen molar-refractivity contribution in [2.75, 3.05) is 91.6 Å². The van der Waals surface area contributed by atoms with Gasteiger partial charge in [-0.3, -0.25) is 29.1 Å². The highest BCUT2D eigenvalue weighted by atomic mass is 31.2. The number of rotatable bonds is 5. The Labute approximate surface area is 239 Å². The number of aromatic nitrogens is 1. The third kappa shape index (κ3) is 5.43. The van der Waals surface area contributed by atoms with E-state index in [0.717, 1.165) is 123 Å². The van der Waals surface area contributed by atoms with Crippen molar-refractivity contribution >= 4 is 7.59 Å². The van der Waals surface area contributed by atoms with Gasteiger partial charge in [-0.2, -0.15) is 0 Å². The molecule has 0 aliphatic carbocycles. The largest absolute Gasteiger partial charge is 0.296 e. The second-order valence-corrected chi connectivity index (χ2v) is 14.8. The van der Waals surface area contributed by atoms with Crippen LogP contribution < -0.4 is 0 Å². The fourth-order valence-electron chi connectivity index (χ4n) is 7.54.